The molecule has 0 heterocycles. The molecule has 1 aromatic rings. The molecule has 1 aliphatic rings. The Labute approximate surface area is 105 Å². The van der Waals surface area contributed by atoms with Gasteiger partial charge in [0.1, 0.15) is 0 Å². The van der Waals surface area contributed by atoms with Crippen molar-refractivity contribution in [3.05, 3.63) is 29.3 Å². The van der Waals surface area contributed by atoms with Crippen molar-refractivity contribution < 1.29 is 13.2 Å². The summed E-state index contributed by atoms with van der Waals surface area (Å²) in [7, 11) is 3.24. The first-order valence-corrected chi connectivity index (χ1v) is 5.99. The van der Waals surface area contributed by atoms with Crippen LogP contribution >= 0.6 is 0 Å². The number of benzene rings is 1. The third kappa shape index (κ3) is 3.16. The molecule has 2 nitrogen and oxygen atoms in total. The predicted octanol–water partition coefficient (Wildman–Crippen LogP) is 3.02. The molecule has 100 valence electrons. The van der Waals surface area contributed by atoms with Crippen LogP contribution in [0.15, 0.2) is 18.2 Å². The van der Waals surface area contributed by atoms with Crippen molar-refractivity contribution in [2.75, 3.05) is 19.0 Å². The van der Waals surface area contributed by atoms with Crippen LogP contribution in [0.3, 0.4) is 0 Å². The van der Waals surface area contributed by atoms with Gasteiger partial charge in [0, 0.05) is 32.4 Å². The Morgan fingerprint density at radius 3 is 2.44 bits per heavy atom. The zero-order chi connectivity index (χ0) is 13.3. The summed E-state index contributed by atoms with van der Waals surface area (Å²) in [6.07, 6.45) is -2.06. The third-order valence-electron chi connectivity index (χ3n) is 3.02. The van der Waals surface area contributed by atoms with E-state index < -0.39 is 11.7 Å². The quantitative estimate of drug-likeness (QED) is 0.893. The lowest BCUT2D eigenvalue weighted by Crippen LogP contribution is -2.19. The zero-order valence-electron chi connectivity index (χ0n) is 10.5. The van der Waals surface area contributed by atoms with E-state index in [-0.39, 0.29) is 5.69 Å². The molecule has 1 fully saturated rings. The van der Waals surface area contributed by atoms with Gasteiger partial charge in [-0.2, -0.15) is 13.2 Å². The summed E-state index contributed by atoms with van der Waals surface area (Å²) < 4.78 is 38.9. The fraction of sp³-hybridized carbons (Fsp3) is 0.538. The number of hydrogen-bond acceptors (Lipinski definition) is 2. The number of nitrogens with zero attached hydrogens (tertiary/aromatic N) is 1. The number of halogens is 3. The summed E-state index contributed by atoms with van der Waals surface area (Å²) in [5.74, 6) is 0. The summed E-state index contributed by atoms with van der Waals surface area (Å²) >= 11 is 0. The maximum absolute atomic E-state index is 13.0. The molecule has 0 saturated heterocycles. The Morgan fingerprint density at radius 1 is 1.28 bits per heavy atom. The standard InChI is InChI=1S/C13H17F3N2/c1-18(2)12-6-3-9(8-17-10-4-5-10)7-11(12)13(14,15)16/h3,6-7,10,17H,4-5,8H2,1-2H3. The molecule has 1 aromatic carbocycles. The van der Waals surface area contributed by atoms with Crippen LogP contribution in [0.2, 0.25) is 0 Å². The number of rotatable bonds is 4. The molecule has 1 aliphatic carbocycles. The molecule has 0 spiro atoms. The van der Waals surface area contributed by atoms with Gasteiger partial charge in [0.15, 0.2) is 0 Å². The highest BCUT2D eigenvalue weighted by Gasteiger charge is 2.34. The first-order chi connectivity index (χ1) is 8.38. The van der Waals surface area contributed by atoms with Crippen LogP contribution in [-0.4, -0.2) is 20.1 Å². The fourth-order valence-corrected chi connectivity index (χ4v) is 1.86. The molecule has 1 N–H and O–H groups in total. The second-order valence-corrected chi connectivity index (χ2v) is 4.90. The van der Waals surface area contributed by atoms with Gasteiger partial charge >= 0.3 is 6.18 Å². The van der Waals surface area contributed by atoms with E-state index >= 15 is 0 Å². The molecule has 0 atom stereocenters. The van der Waals surface area contributed by atoms with Gasteiger partial charge in [-0.05, 0) is 30.5 Å². The molecule has 18 heavy (non-hydrogen) atoms. The van der Waals surface area contributed by atoms with E-state index in [9.17, 15) is 13.2 Å². The first kappa shape index (κ1) is 13.2. The smallest absolute Gasteiger partial charge is 0.377 e. The Morgan fingerprint density at radius 2 is 1.94 bits per heavy atom. The molecule has 1 saturated carbocycles. The van der Waals surface area contributed by atoms with Gasteiger partial charge in [-0.1, -0.05) is 6.07 Å². The molecule has 0 unspecified atom stereocenters. The van der Waals surface area contributed by atoms with Crippen molar-refractivity contribution in [1.82, 2.24) is 5.32 Å². The van der Waals surface area contributed by atoms with Crippen molar-refractivity contribution in [2.24, 2.45) is 0 Å². The van der Waals surface area contributed by atoms with Crippen LogP contribution in [-0.2, 0) is 12.7 Å². The maximum Gasteiger partial charge on any atom is 0.418 e. The van der Waals surface area contributed by atoms with Crippen LogP contribution in [0.1, 0.15) is 24.0 Å². The minimum Gasteiger partial charge on any atom is -0.377 e. The molecule has 5 heteroatoms. The number of nitrogens with one attached hydrogen (secondary N) is 1. The lowest BCUT2D eigenvalue weighted by molar-refractivity contribution is -0.137. The summed E-state index contributed by atoms with van der Waals surface area (Å²) in [6.45, 7) is 0.501. The van der Waals surface area contributed by atoms with Crippen molar-refractivity contribution >= 4 is 5.69 Å². The van der Waals surface area contributed by atoms with Crippen LogP contribution in [0.25, 0.3) is 0 Å². The van der Waals surface area contributed by atoms with E-state index in [1.54, 1.807) is 20.2 Å². The van der Waals surface area contributed by atoms with Gasteiger partial charge in [-0.25, -0.2) is 0 Å². The SMILES string of the molecule is CN(C)c1ccc(CNC2CC2)cc1C(F)(F)F. The highest BCUT2D eigenvalue weighted by molar-refractivity contribution is 5.55. The summed E-state index contributed by atoms with van der Waals surface area (Å²) in [5.41, 5.74) is 0.320. The van der Waals surface area contributed by atoms with E-state index in [0.717, 1.165) is 12.8 Å². The van der Waals surface area contributed by atoms with Crippen LogP contribution in [0.5, 0.6) is 0 Å². The highest BCUT2D eigenvalue weighted by Crippen LogP contribution is 2.36. The van der Waals surface area contributed by atoms with E-state index in [1.165, 1.54) is 17.0 Å². The van der Waals surface area contributed by atoms with Gasteiger partial charge < -0.3 is 10.2 Å². The van der Waals surface area contributed by atoms with Crippen molar-refractivity contribution in [3.63, 3.8) is 0 Å². The monoisotopic (exact) mass is 258 g/mol. The Hall–Kier alpha value is -1.23. The van der Waals surface area contributed by atoms with Crippen LogP contribution < -0.4 is 10.2 Å². The Bertz CT molecular complexity index is 423. The number of anilines is 1. The van der Waals surface area contributed by atoms with Crippen molar-refractivity contribution in [3.8, 4) is 0 Å². The maximum atomic E-state index is 13.0. The summed E-state index contributed by atoms with van der Waals surface area (Å²) in [5, 5.41) is 3.22. The lowest BCUT2D eigenvalue weighted by atomic mass is 10.1. The molecule has 0 bridgehead atoms. The second kappa shape index (κ2) is 4.80. The molecule has 0 radical (unpaired) electrons. The van der Waals surface area contributed by atoms with E-state index in [2.05, 4.69) is 5.32 Å². The fourth-order valence-electron chi connectivity index (χ4n) is 1.86. The van der Waals surface area contributed by atoms with Gasteiger partial charge in [0.2, 0.25) is 0 Å². The van der Waals surface area contributed by atoms with Crippen molar-refractivity contribution in [1.29, 1.82) is 0 Å². The third-order valence-corrected chi connectivity index (χ3v) is 3.02. The summed E-state index contributed by atoms with van der Waals surface area (Å²) in [6, 6.07) is 5.02. The van der Waals surface area contributed by atoms with E-state index in [4.69, 9.17) is 0 Å². The van der Waals surface area contributed by atoms with Crippen LogP contribution in [0, 0.1) is 0 Å². The molecule has 2 rings (SSSR count). The normalized spacial score (nSPS) is 15.8. The molecule has 0 amide bonds. The highest BCUT2D eigenvalue weighted by atomic mass is 19.4. The minimum absolute atomic E-state index is 0.206. The zero-order valence-corrected chi connectivity index (χ0v) is 10.5. The van der Waals surface area contributed by atoms with Gasteiger partial charge in [0.05, 0.1) is 5.56 Å². The van der Waals surface area contributed by atoms with Gasteiger partial charge in [0.25, 0.3) is 0 Å². The largest absolute Gasteiger partial charge is 0.418 e. The summed E-state index contributed by atoms with van der Waals surface area (Å²) in [4.78, 5) is 1.49. The van der Waals surface area contributed by atoms with Gasteiger partial charge in [-0.3, -0.25) is 0 Å². The average Bonchev–Trinajstić information content (AvgIpc) is 3.08. The number of alkyl halides is 3. The average molecular weight is 258 g/mol. The molecule has 0 aromatic heterocycles. The second-order valence-electron chi connectivity index (χ2n) is 4.90. The first-order valence-electron chi connectivity index (χ1n) is 5.99. The van der Waals surface area contributed by atoms with E-state index in [0.29, 0.717) is 18.2 Å². The van der Waals surface area contributed by atoms with Gasteiger partial charge in [-0.15, -0.1) is 0 Å². The molecular weight excluding hydrogens is 241 g/mol. The topological polar surface area (TPSA) is 15.3 Å². The molecular formula is C13H17F3N2. The Balaban J connectivity index is 2.23. The number of hydrogen-bond donors (Lipinski definition) is 1. The van der Waals surface area contributed by atoms with Crippen LogP contribution in [0.4, 0.5) is 18.9 Å². The van der Waals surface area contributed by atoms with Crippen molar-refractivity contribution in [2.45, 2.75) is 31.6 Å². The Kier molecular flexibility index (Phi) is 3.52. The predicted molar refractivity (Wildman–Crippen MR) is 65.6 cm³/mol. The lowest BCUT2D eigenvalue weighted by Gasteiger charge is -2.20. The van der Waals surface area contributed by atoms with E-state index in [1.807, 2.05) is 0 Å². The molecule has 0 aliphatic heterocycles. The minimum atomic E-state index is -4.31.